The second-order valence-corrected chi connectivity index (χ2v) is 4.75. The highest BCUT2D eigenvalue weighted by molar-refractivity contribution is 6.67. The Hall–Kier alpha value is -0.120. The number of hydrogen-bond donors (Lipinski definition) is 0. The van der Waals surface area contributed by atoms with Gasteiger partial charge in [0.25, 0.3) is 0 Å². The lowest BCUT2D eigenvalue weighted by Crippen LogP contribution is -2.34. The Balaban J connectivity index is 2.78. The van der Waals surface area contributed by atoms with Crippen molar-refractivity contribution in [1.82, 2.24) is 0 Å². The van der Waals surface area contributed by atoms with Crippen LogP contribution in [0.3, 0.4) is 0 Å². The Labute approximate surface area is 102 Å². The van der Waals surface area contributed by atoms with Crippen LogP contribution in [0.2, 0.25) is 0 Å². The molecule has 3 unspecified atom stereocenters. The van der Waals surface area contributed by atoms with Crippen LogP contribution in [-0.4, -0.2) is 15.7 Å². The van der Waals surface area contributed by atoms with Gasteiger partial charge in [0.15, 0.2) is 0 Å². The van der Waals surface area contributed by atoms with Crippen molar-refractivity contribution in [2.75, 3.05) is 0 Å². The lowest BCUT2D eigenvalue weighted by atomic mass is 9.75. The standard InChI is InChI=1S/C9H9Cl3O3/c10-7(13)4-1-2-5(8(11)14)6(3-4)9(12)15/h4-6H,1-3H2. The second-order valence-electron chi connectivity index (χ2n) is 3.64. The molecule has 0 radical (unpaired) electrons. The fraction of sp³-hybridized carbons (Fsp3) is 0.667. The molecule has 1 fully saturated rings. The van der Waals surface area contributed by atoms with E-state index in [9.17, 15) is 14.4 Å². The predicted octanol–water partition coefficient (Wildman–Crippen LogP) is 2.32. The van der Waals surface area contributed by atoms with Crippen molar-refractivity contribution < 1.29 is 14.4 Å². The van der Waals surface area contributed by atoms with E-state index in [1.54, 1.807) is 0 Å². The molecule has 0 heterocycles. The molecule has 3 atom stereocenters. The minimum atomic E-state index is -0.682. The zero-order chi connectivity index (χ0) is 11.6. The van der Waals surface area contributed by atoms with Gasteiger partial charge in [-0.2, -0.15) is 0 Å². The summed E-state index contributed by atoms with van der Waals surface area (Å²) in [6, 6.07) is 0. The molecule has 1 rings (SSSR count). The maximum Gasteiger partial charge on any atom is 0.225 e. The molecule has 0 aromatic carbocycles. The van der Waals surface area contributed by atoms with Crippen molar-refractivity contribution >= 4 is 50.5 Å². The van der Waals surface area contributed by atoms with Crippen molar-refractivity contribution in [1.29, 1.82) is 0 Å². The van der Waals surface area contributed by atoms with Crippen molar-refractivity contribution in [3.63, 3.8) is 0 Å². The van der Waals surface area contributed by atoms with E-state index in [1.807, 2.05) is 0 Å². The number of carbonyl (C=O) groups excluding carboxylic acids is 3. The van der Waals surface area contributed by atoms with Gasteiger partial charge in [-0.15, -0.1) is 0 Å². The monoisotopic (exact) mass is 270 g/mol. The molecular formula is C9H9Cl3O3. The SMILES string of the molecule is O=C(Cl)C1CCC(C(=O)Cl)C(C(=O)Cl)C1. The molecule has 1 aliphatic carbocycles. The maximum absolute atomic E-state index is 11.1. The van der Waals surface area contributed by atoms with Crippen LogP contribution in [0.25, 0.3) is 0 Å². The molecule has 6 heteroatoms. The highest BCUT2D eigenvalue weighted by atomic mass is 35.5. The molecule has 0 spiro atoms. The molecule has 3 nitrogen and oxygen atoms in total. The Morgan fingerprint density at radius 2 is 1.33 bits per heavy atom. The summed E-state index contributed by atoms with van der Waals surface area (Å²) in [5.74, 6) is -1.66. The van der Waals surface area contributed by atoms with Gasteiger partial charge in [-0.1, -0.05) is 0 Å². The zero-order valence-corrected chi connectivity index (χ0v) is 9.98. The van der Waals surface area contributed by atoms with Crippen LogP contribution < -0.4 is 0 Å². The Morgan fingerprint density at radius 3 is 1.73 bits per heavy atom. The summed E-state index contributed by atoms with van der Waals surface area (Å²) in [7, 11) is 0. The Kier molecular flexibility index (Phi) is 4.56. The van der Waals surface area contributed by atoms with Crippen LogP contribution in [0.4, 0.5) is 0 Å². The lowest BCUT2D eigenvalue weighted by Gasteiger charge is -2.30. The summed E-state index contributed by atoms with van der Waals surface area (Å²) >= 11 is 16.1. The van der Waals surface area contributed by atoms with E-state index in [0.717, 1.165) is 0 Å². The molecule has 1 saturated carbocycles. The van der Waals surface area contributed by atoms with Crippen molar-refractivity contribution in [3.05, 3.63) is 0 Å². The number of rotatable bonds is 3. The first-order valence-corrected chi connectivity index (χ1v) is 5.65. The molecule has 0 amide bonds. The maximum atomic E-state index is 11.1. The topological polar surface area (TPSA) is 51.2 Å². The second kappa shape index (κ2) is 5.28. The van der Waals surface area contributed by atoms with E-state index in [-0.39, 0.29) is 6.42 Å². The van der Waals surface area contributed by atoms with Crippen LogP contribution >= 0.6 is 34.8 Å². The first kappa shape index (κ1) is 12.9. The van der Waals surface area contributed by atoms with E-state index < -0.39 is 33.5 Å². The third-order valence-corrected chi connectivity index (χ3v) is 3.62. The molecular weight excluding hydrogens is 262 g/mol. The van der Waals surface area contributed by atoms with Crippen LogP contribution in [0, 0.1) is 17.8 Å². The molecule has 0 aromatic rings. The summed E-state index contributed by atoms with van der Waals surface area (Å²) in [5, 5.41) is -1.69. The average molecular weight is 272 g/mol. The minimum Gasteiger partial charge on any atom is -0.281 e. The molecule has 84 valence electrons. The summed E-state index contributed by atoms with van der Waals surface area (Å²) < 4.78 is 0. The van der Waals surface area contributed by atoms with Gasteiger partial charge in [-0.3, -0.25) is 14.4 Å². The number of hydrogen-bond acceptors (Lipinski definition) is 3. The van der Waals surface area contributed by atoms with Crippen LogP contribution in [0.5, 0.6) is 0 Å². The van der Waals surface area contributed by atoms with Gasteiger partial charge in [-0.05, 0) is 54.1 Å². The van der Waals surface area contributed by atoms with Crippen LogP contribution in [0.15, 0.2) is 0 Å². The number of carbonyl (C=O) groups is 3. The average Bonchev–Trinajstić information content (AvgIpc) is 2.16. The largest absolute Gasteiger partial charge is 0.281 e. The molecule has 1 aliphatic rings. The van der Waals surface area contributed by atoms with Crippen molar-refractivity contribution in [3.8, 4) is 0 Å². The van der Waals surface area contributed by atoms with E-state index in [4.69, 9.17) is 34.8 Å². The highest BCUT2D eigenvalue weighted by Gasteiger charge is 2.39. The molecule has 0 saturated heterocycles. The Morgan fingerprint density at radius 1 is 0.800 bits per heavy atom. The molecule has 0 N–H and O–H groups in total. The van der Waals surface area contributed by atoms with Gasteiger partial charge in [0.1, 0.15) is 0 Å². The molecule has 15 heavy (non-hydrogen) atoms. The number of halogens is 3. The van der Waals surface area contributed by atoms with Gasteiger partial charge in [0.2, 0.25) is 15.7 Å². The smallest absolute Gasteiger partial charge is 0.225 e. The third-order valence-electron chi connectivity index (χ3n) is 2.75. The quantitative estimate of drug-likeness (QED) is 0.740. The zero-order valence-electron chi connectivity index (χ0n) is 7.71. The predicted molar refractivity (Wildman–Crippen MR) is 56.9 cm³/mol. The molecule has 0 aliphatic heterocycles. The minimum absolute atomic E-state index is 0.216. The summed E-state index contributed by atoms with van der Waals surface area (Å²) in [5.41, 5.74) is 0. The highest BCUT2D eigenvalue weighted by Crippen LogP contribution is 2.37. The normalized spacial score (nSPS) is 31.0. The van der Waals surface area contributed by atoms with Gasteiger partial charge in [0, 0.05) is 17.8 Å². The fourth-order valence-corrected chi connectivity index (χ4v) is 2.60. The van der Waals surface area contributed by atoms with Gasteiger partial charge >= 0.3 is 0 Å². The Bertz CT molecular complexity index is 303. The lowest BCUT2D eigenvalue weighted by molar-refractivity contribution is -0.128. The summed E-state index contributed by atoms with van der Waals surface area (Å²) in [6.45, 7) is 0. The molecule has 0 aromatic heterocycles. The summed E-state index contributed by atoms with van der Waals surface area (Å²) in [4.78, 5) is 33.0. The fourth-order valence-electron chi connectivity index (χ4n) is 1.90. The first-order chi connectivity index (χ1) is 6.93. The van der Waals surface area contributed by atoms with E-state index >= 15 is 0 Å². The van der Waals surface area contributed by atoms with Gasteiger partial charge in [0.05, 0.1) is 0 Å². The van der Waals surface area contributed by atoms with E-state index in [2.05, 4.69) is 0 Å². The van der Waals surface area contributed by atoms with Crippen LogP contribution in [-0.2, 0) is 14.4 Å². The van der Waals surface area contributed by atoms with E-state index in [1.165, 1.54) is 0 Å². The third kappa shape index (κ3) is 3.16. The van der Waals surface area contributed by atoms with Gasteiger partial charge < -0.3 is 0 Å². The first-order valence-electron chi connectivity index (χ1n) is 4.51. The van der Waals surface area contributed by atoms with Crippen molar-refractivity contribution in [2.45, 2.75) is 19.3 Å². The molecule has 0 bridgehead atoms. The van der Waals surface area contributed by atoms with Crippen molar-refractivity contribution in [2.24, 2.45) is 17.8 Å². The van der Waals surface area contributed by atoms with Gasteiger partial charge in [-0.25, -0.2) is 0 Å². The van der Waals surface area contributed by atoms with E-state index in [0.29, 0.717) is 12.8 Å². The van der Waals surface area contributed by atoms with Crippen LogP contribution in [0.1, 0.15) is 19.3 Å². The summed E-state index contributed by atoms with van der Waals surface area (Å²) in [6.07, 6.45) is 1.08.